The zero-order valence-electron chi connectivity index (χ0n) is 19.1. The lowest BCUT2D eigenvalue weighted by Crippen LogP contribution is -2.44. The minimum atomic E-state index is -0.754. The van der Waals surface area contributed by atoms with Crippen molar-refractivity contribution in [2.75, 3.05) is 11.9 Å². The molecule has 1 saturated heterocycles. The Labute approximate surface area is 198 Å². The van der Waals surface area contributed by atoms with E-state index < -0.39 is 12.0 Å². The van der Waals surface area contributed by atoms with E-state index in [1.807, 2.05) is 41.3 Å². The average Bonchev–Trinajstić information content (AvgIpc) is 2.86. The molecule has 4 aromatic rings. The molecule has 1 aliphatic rings. The molecule has 0 saturated carbocycles. The molecule has 1 aliphatic heterocycles. The van der Waals surface area contributed by atoms with Gasteiger partial charge in [0.15, 0.2) is 5.82 Å². The molecule has 2 aromatic carbocycles. The highest BCUT2D eigenvalue weighted by Crippen LogP contribution is 2.31. The van der Waals surface area contributed by atoms with Crippen LogP contribution in [-0.4, -0.2) is 43.5 Å². The highest BCUT2D eigenvalue weighted by Gasteiger charge is 2.28. The fourth-order valence-electron chi connectivity index (χ4n) is 4.69. The maximum absolute atomic E-state index is 11.6. The number of hydrogen-bond donors (Lipinski definition) is 2. The number of likely N-dealkylation sites (tertiary alicyclic amines) is 1. The summed E-state index contributed by atoms with van der Waals surface area (Å²) in [5.74, 6) is -0.110. The van der Waals surface area contributed by atoms with E-state index in [0.717, 1.165) is 52.8 Å². The number of pyridine rings is 1. The summed E-state index contributed by atoms with van der Waals surface area (Å²) in [5, 5.41) is 13.0. The van der Waals surface area contributed by atoms with E-state index in [4.69, 9.17) is 0 Å². The van der Waals surface area contributed by atoms with Gasteiger partial charge in [-0.2, -0.15) is 0 Å². The number of aromatic nitrogens is 3. The molecule has 7 nitrogen and oxygen atoms in total. The summed E-state index contributed by atoms with van der Waals surface area (Å²) in [4.78, 5) is 27.2. The molecular formula is C27H27N5O2. The summed E-state index contributed by atoms with van der Waals surface area (Å²) in [5.41, 5.74) is 6.78. The highest BCUT2D eigenvalue weighted by molar-refractivity contribution is 5.88. The van der Waals surface area contributed by atoms with Gasteiger partial charge in [-0.15, -0.1) is 0 Å². The van der Waals surface area contributed by atoms with Crippen LogP contribution in [-0.2, 0) is 11.3 Å². The van der Waals surface area contributed by atoms with Crippen molar-refractivity contribution >= 4 is 28.5 Å². The zero-order valence-corrected chi connectivity index (χ0v) is 19.1. The number of carboxylic acid groups (broad SMARTS) is 1. The molecule has 1 unspecified atom stereocenters. The number of nitrogens with zero attached hydrogens (tertiary/aromatic N) is 4. The maximum Gasteiger partial charge on any atom is 0.320 e. The number of carbonyl (C=O) groups is 1. The lowest BCUT2D eigenvalue weighted by molar-refractivity contribution is -0.144. The van der Waals surface area contributed by atoms with Crippen LogP contribution >= 0.6 is 0 Å². The molecule has 5 rings (SSSR count). The Kier molecular flexibility index (Phi) is 6.18. The van der Waals surface area contributed by atoms with E-state index in [2.05, 4.69) is 45.4 Å². The normalized spacial score (nSPS) is 16.4. The van der Waals surface area contributed by atoms with Gasteiger partial charge in [-0.1, -0.05) is 48.9 Å². The molecule has 2 aromatic heterocycles. The molecule has 7 heteroatoms. The molecule has 3 heterocycles. The van der Waals surface area contributed by atoms with Gasteiger partial charge in [-0.25, -0.2) is 9.97 Å². The van der Waals surface area contributed by atoms with Crippen LogP contribution in [0.15, 0.2) is 67.1 Å². The van der Waals surface area contributed by atoms with Crippen molar-refractivity contribution in [1.29, 1.82) is 0 Å². The van der Waals surface area contributed by atoms with Gasteiger partial charge in [0, 0.05) is 18.4 Å². The average molecular weight is 454 g/mol. The molecule has 0 bridgehead atoms. The molecule has 0 spiro atoms. The SMILES string of the molecule is Cc1c(Nc2ncnc3cc(CN4CCCCC4C(=O)O)cnc23)cccc1-c1ccccc1. The van der Waals surface area contributed by atoms with E-state index in [0.29, 0.717) is 24.3 Å². The summed E-state index contributed by atoms with van der Waals surface area (Å²) < 4.78 is 0. The van der Waals surface area contributed by atoms with Crippen molar-refractivity contribution < 1.29 is 9.90 Å². The number of rotatable bonds is 6. The summed E-state index contributed by atoms with van der Waals surface area (Å²) in [6.45, 7) is 3.42. The van der Waals surface area contributed by atoms with Crippen LogP contribution in [0, 0.1) is 6.92 Å². The Hall–Kier alpha value is -3.84. The Balaban J connectivity index is 1.42. The topological polar surface area (TPSA) is 91.2 Å². The van der Waals surface area contributed by atoms with Gasteiger partial charge in [-0.3, -0.25) is 14.7 Å². The monoisotopic (exact) mass is 453 g/mol. The lowest BCUT2D eigenvalue weighted by atomic mass is 9.99. The first-order valence-electron chi connectivity index (χ1n) is 11.6. The van der Waals surface area contributed by atoms with Crippen LogP contribution in [0.25, 0.3) is 22.2 Å². The predicted octanol–water partition coefficient (Wildman–Crippen LogP) is 5.18. The van der Waals surface area contributed by atoms with Crippen molar-refractivity contribution in [3.63, 3.8) is 0 Å². The number of fused-ring (bicyclic) bond motifs is 1. The number of piperidine rings is 1. The van der Waals surface area contributed by atoms with Crippen molar-refractivity contribution in [3.8, 4) is 11.1 Å². The van der Waals surface area contributed by atoms with Crippen molar-refractivity contribution in [3.05, 3.63) is 78.2 Å². The third-order valence-corrected chi connectivity index (χ3v) is 6.49. The summed E-state index contributed by atoms with van der Waals surface area (Å²) >= 11 is 0. The second-order valence-corrected chi connectivity index (χ2v) is 8.72. The third-order valence-electron chi connectivity index (χ3n) is 6.49. The number of benzene rings is 2. The van der Waals surface area contributed by atoms with Crippen molar-refractivity contribution in [2.24, 2.45) is 0 Å². The Morgan fingerprint density at radius 2 is 1.94 bits per heavy atom. The summed E-state index contributed by atoms with van der Waals surface area (Å²) in [7, 11) is 0. The van der Waals surface area contributed by atoms with E-state index in [1.165, 1.54) is 6.33 Å². The van der Waals surface area contributed by atoms with Crippen molar-refractivity contribution in [1.82, 2.24) is 19.9 Å². The first-order valence-corrected chi connectivity index (χ1v) is 11.6. The molecule has 0 amide bonds. The lowest BCUT2D eigenvalue weighted by Gasteiger charge is -2.32. The standard InChI is InChI=1S/C27H27N5O2/c1-18-21(20-8-3-2-4-9-20)10-7-11-22(18)31-26-25-23(29-17-30-26)14-19(15-28-25)16-32-13-6-5-12-24(32)27(33)34/h2-4,7-11,14-15,17,24H,5-6,12-13,16H2,1H3,(H,33,34)(H,29,30,31). The predicted molar refractivity (Wildman–Crippen MR) is 133 cm³/mol. The third kappa shape index (κ3) is 4.47. The number of aliphatic carboxylic acids is 1. The molecular weight excluding hydrogens is 426 g/mol. The Morgan fingerprint density at radius 1 is 1.09 bits per heavy atom. The Bertz CT molecular complexity index is 1330. The van der Waals surface area contributed by atoms with Gasteiger partial charge in [0.2, 0.25) is 0 Å². The maximum atomic E-state index is 11.6. The number of nitrogens with one attached hydrogen (secondary N) is 1. The first kappa shape index (κ1) is 22.0. The van der Waals surface area contributed by atoms with Gasteiger partial charge < -0.3 is 10.4 Å². The van der Waals surface area contributed by atoms with Crippen LogP contribution in [0.1, 0.15) is 30.4 Å². The fraction of sp³-hybridized carbons (Fsp3) is 0.259. The molecule has 1 fully saturated rings. The largest absolute Gasteiger partial charge is 0.480 e. The van der Waals surface area contributed by atoms with Gasteiger partial charge in [0.25, 0.3) is 0 Å². The molecule has 1 atom stereocenters. The van der Waals surface area contributed by atoms with Gasteiger partial charge in [-0.05, 0) is 60.7 Å². The molecule has 0 aliphatic carbocycles. The van der Waals surface area contributed by atoms with Gasteiger partial charge in [0.05, 0.1) is 5.52 Å². The summed E-state index contributed by atoms with van der Waals surface area (Å²) in [6, 6.07) is 18.0. The van der Waals surface area contributed by atoms with Crippen LogP contribution in [0.3, 0.4) is 0 Å². The van der Waals surface area contributed by atoms with Crippen LogP contribution < -0.4 is 5.32 Å². The van der Waals surface area contributed by atoms with Gasteiger partial charge in [0.1, 0.15) is 17.9 Å². The second-order valence-electron chi connectivity index (χ2n) is 8.72. The molecule has 2 N–H and O–H groups in total. The van der Waals surface area contributed by atoms with E-state index in [9.17, 15) is 9.90 Å². The van der Waals surface area contributed by atoms with Crippen LogP contribution in [0.4, 0.5) is 11.5 Å². The minimum Gasteiger partial charge on any atom is -0.480 e. The van der Waals surface area contributed by atoms with E-state index in [-0.39, 0.29) is 0 Å². The fourth-order valence-corrected chi connectivity index (χ4v) is 4.69. The van der Waals surface area contributed by atoms with E-state index in [1.54, 1.807) is 6.20 Å². The van der Waals surface area contributed by atoms with Crippen LogP contribution in [0.2, 0.25) is 0 Å². The van der Waals surface area contributed by atoms with Gasteiger partial charge >= 0.3 is 5.97 Å². The quantitative estimate of drug-likeness (QED) is 0.415. The second kappa shape index (κ2) is 9.57. The number of carboxylic acids is 1. The minimum absolute atomic E-state index is 0.438. The van der Waals surface area contributed by atoms with Crippen LogP contribution in [0.5, 0.6) is 0 Å². The first-order chi connectivity index (χ1) is 16.6. The highest BCUT2D eigenvalue weighted by atomic mass is 16.4. The Morgan fingerprint density at radius 3 is 2.76 bits per heavy atom. The molecule has 0 radical (unpaired) electrons. The smallest absolute Gasteiger partial charge is 0.320 e. The molecule has 34 heavy (non-hydrogen) atoms. The molecule has 172 valence electrons. The van der Waals surface area contributed by atoms with Crippen molar-refractivity contribution in [2.45, 2.75) is 38.8 Å². The summed E-state index contributed by atoms with van der Waals surface area (Å²) in [6.07, 6.45) is 6.00. The zero-order chi connectivity index (χ0) is 23.5. The number of anilines is 2. The van der Waals surface area contributed by atoms with E-state index >= 15 is 0 Å². The number of hydrogen-bond acceptors (Lipinski definition) is 6.